The quantitative estimate of drug-likeness (QED) is 0.543. The van der Waals surface area contributed by atoms with Crippen molar-refractivity contribution in [3.05, 3.63) is 0 Å². The highest BCUT2D eigenvalue weighted by molar-refractivity contribution is 8.01. The Morgan fingerprint density at radius 1 is 1.60 bits per heavy atom. The molecule has 0 aliphatic heterocycles. The second-order valence-corrected chi connectivity index (χ2v) is 5.06. The average Bonchev–Trinajstić information content (AvgIpc) is 2.62. The molecule has 0 fully saturated rings. The minimum Gasteiger partial charge on any atom is -0.308 e. The smallest absolute Gasteiger partial charge is 0.209 e. The van der Waals surface area contributed by atoms with Crippen LogP contribution in [-0.4, -0.2) is 56.4 Å². The summed E-state index contributed by atoms with van der Waals surface area (Å²) in [6.45, 7) is 3.75. The van der Waals surface area contributed by atoms with Gasteiger partial charge in [-0.3, -0.25) is 0 Å². The van der Waals surface area contributed by atoms with Gasteiger partial charge < -0.3 is 4.90 Å². The highest BCUT2D eigenvalue weighted by atomic mass is 32.2. The van der Waals surface area contributed by atoms with E-state index >= 15 is 0 Å². The zero-order chi connectivity index (χ0) is 11.3. The number of hydrogen-bond acceptors (Lipinski definition) is 6. The molecule has 0 aromatic carbocycles. The molecule has 0 amide bonds. The first-order chi connectivity index (χ1) is 7.13. The summed E-state index contributed by atoms with van der Waals surface area (Å²) in [5.74, 6) is 0. The van der Waals surface area contributed by atoms with Crippen LogP contribution >= 0.6 is 24.0 Å². The maximum absolute atomic E-state index is 4.87. The van der Waals surface area contributed by atoms with Crippen LogP contribution in [0.4, 0.5) is 0 Å². The van der Waals surface area contributed by atoms with Crippen LogP contribution in [0.25, 0.3) is 0 Å². The van der Waals surface area contributed by atoms with Crippen molar-refractivity contribution in [1.82, 2.24) is 25.1 Å². The van der Waals surface area contributed by atoms with Gasteiger partial charge in [0.05, 0.1) is 6.54 Å². The first-order valence-electron chi connectivity index (χ1n) is 4.66. The van der Waals surface area contributed by atoms with Crippen molar-refractivity contribution in [2.45, 2.75) is 23.9 Å². The summed E-state index contributed by atoms with van der Waals surface area (Å²) in [6.07, 6.45) is 0. The number of thioether (sulfide) groups is 1. The summed E-state index contributed by atoms with van der Waals surface area (Å²) in [6, 6.07) is 0. The molecule has 0 bridgehead atoms. The van der Waals surface area contributed by atoms with Crippen LogP contribution in [0, 0.1) is 0 Å². The highest BCUT2D eigenvalue weighted by Crippen LogP contribution is 2.18. The molecule has 1 unspecified atom stereocenters. The van der Waals surface area contributed by atoms with Crippen LogP contribution in [-0.2, 0) is 6.54 Å². The number of thiocarbonyl (C=S) groups is 1. The van der Waals surface area contributed by atoms with Crippen LogP contribution in [0.5, 0.6) is 0 Å². The minimum atomic E-state index is 0.254. The highest BCUT2D eigenvalue weighted by Gasteiger charge is 2.09. The molecule has 1 aromatic heterocycles. The molecule has 5 nitrogen and oxygen atoms in total. The molecule has 15 heavy (non-hydrogen) atoms. The molecule has 0 radical (unpaired) electrons. The standard InChI is InChI=1S/C8H15N5S2/c1-7(6-14)15-8-9-10-11-13(8)5-4-12(2)3/h6-7H,4-5H2,1-3H3. The fourth-order valence-electron chi connectivity index (χ4n) is 0.910. The van der Waals surface area contributed by atoms with Gasteiger partial charge in [-0.25, -0.2) is 4.68 Å². The molecule has 0 saturated heterocycles. The Bertz CT molecular complexity index is 312. The van der Waals surface area contributed by atoms with Gasteiger partial charge in [-0.05, 0) is 36.8 Å². The summed E-state index contributed by atoms with van der Waals surface area (Å²) in [5, 5.41) is 14.4. The van der Waals surface area contributed by atoms with E-state index < -0.39 is 0 Å². The van der Waals surface area contributed by atoms with E-state index in [0.717, 1.165) is 18.2 Å². The third-order valence-electron chi connectivity index (χ3n) is 1.74. The third kappa shape index (κ3) is 4.23. The molecule has 1 atom stereocenters. The maximum Gasteiger partial charge on any atom is 0.209 e. The summed E-state index contributed by atoms with van der Waals surface area (Å²) in [7, 11) is 4.05. The van der Waals surface area contributed by atoms with Crippen molar-refractivity contribution in [1.29, 1.82) is 0 Å². The summed E-state index contributed by atoms with van der Waals surface area (Å²) in [4.78, 5) is 2.10. The number of likely N-dealkylation sites (N-methyl/N-ethyl adjacent to an activating group) is 1. The van der Waals surface area contributed by atoms with E-state index in [-0.39, 0.29) is 5.25 Å². The molecule has 0 spiro atoms. The Labute approximate surface area is 99.2 Å². The number of aromatic nitrogens is 4. The van der Waals surface area contributed by atoms with Crippen LogP contribution in [0.3, 0.4) is 0 Å². The van der Waals surface area contributed by atoms with E-state index in [9.17, 15) is 0 Å². The van der Waals surface area contributed by atoms with E-state index in [4.69, 9.17) is 12.2 Å². The Morgan fingerprint density at radius 3 is 2.93 bits per heavy atom. The maximum atomic E-state index is 4.87. The minimum absolute atomic E-state index is 0.254. The molecule has 0 N–H and O–H groups in total. The molecule has 0 aliphatic rings. The molecule has 1 rings (SSSR count). The van der Waals surface area contributed by atoms with Gasteiger partial charge in [0.25, 0.3) is 0 Å². The second kappa shape index (κ2) is 6.14. The van der Waals surface area contributed by atoms with Crippen molar-refractivity contribution in [3.63, 3.8) is 0 Å². The topological polar surface area (TPSA) is 46.8 Å². The fourth-order valence-corrected chi connectivity index (χ4v) is 1.80. The third-order valence-corrected chi connectivity index (χ3v) is 3.33. The molecule has 0 aliphatic carbocycles. The molecule has 1 heterocycles. The van der Waals surface area contributed by atoms with Crippen LogP contribution in [0.1, 0.15) is 6.92 Å². The molecular weight excluding hydrogens is 230 g/mol. The van der Waals surface area contributed by atoms with Gasteiger partial charge in [-0.1, -0.05) is 24.0 Å². The monoisotopic (exact) mass is 245 g/mol. The van der Waals surface area contributed by atoms with Crippen molar-refractivity contribution in [3.8, 4) is 0 Å². The SMILES string of the molecule is CC(C=S)Sc1nnnn1CCN(C)C. The number of rotatable bonds is 6. The summed E-state index contributed by atoms with van der Waals surface area (Å²) >= 11 is 6.44. The predicted octanol–water partition coefficient (Wildman–Crippen LogP) is 0.715. The summed E-state index contributed by atoms with van der Waals surface area (Å²) in [5.41, 5.74) is 0. The average molecular weight is 245 g/mol. The zero-order valence-corrected chi connectivity index (χ0v) is 10.8. The van der Waals surface area contributed by atoms with Crippen LogP contribution < -0.4 is 0 Å². The lowest BCUT2D eigenvalue weighted by Crippen LogP contribution is -2.19. The Hall–Kier alpha value is -0.530. The van der Waals surface area contributed by atoms with Crippen molar-refractivity contribution >= 4 is 29.3 Å². The number of nitrogens with zero attached hydrogens (tertiary/aromatic N) is 5. The van der Waals surface area contributed by atoms with E-state index in [2.05, 4.69) is 20.4 Å². The molecule has 0 saturated carbocycles. The Balaban J connectivity index is 2.56. The largest absolute Gasteiger partial charge is 0.308 e. The summed E-state index contributed by atoms with van der Waals surface area (Å²) < 4.78 is 1.81. The fraction of sp³-hybridized carbons (Fsp3) is 0.750. The van der Waals surface area contributed by atoms with Crippen LogP contribution in [0.15, 0.2) is 5.16 Å². The number of tetrazole rings is 1. The lowest BCUT2D eigenvalue weighted by atomic mass is 10.6. The normalized spacial score (nSPS) is 13.1. The van der Waals surface area contributed by atoms with Gasteiger partial charge in [0.15, 0.2) is 0 Å². The molecule has 1 aromatic rings. The molecule has 7 heteroatoms. The van der Waals surface area contributed by atoms with Crippen molar-refractivity contribution < 1.29 is 0 Å². The number of hydrogen-bond donors (Lipinski definition) is 0. The van der Waals surface area contributed by atoms with E-state index in [1.807, 2.05) is 21.0 Å². The zero-order valence-electron chi connectivity index (χ0n) is 9.12. The lowest BCUT2D eigenvalue weighted by molar-refractivity contribution is 0.361. The first-order valence-corrected chi connectivity index (χ1v) is 6.01. The van der Waals surface area contributed by atoms with Gasteiger partial charge in [0.1, 0.15) is 0 Å². The van der Waals surface area contributed by atoms with E-state index in [1.54, 1.807) is 21.8 Å². The lowest BCUT2D eigenvalue weighted by Gasteiger charge is -2.10. The molecular formula is C8H15N5S2. The van der Waals surface area contributed by atoms with Gasteiger partial charge in [0, 0.05) is 11.8 Å². The Kier molecular flexibility index (Phi) is 5.13. The van der Waals surface area contributed by atoms with Crippen LogP contribution in [0.2, 0.25) is 0 Å². The second-order valence-electron chi connectivity index (χ2n) is 3.45. The van der Waals surface area contributed by atoms with Gasteiger partial charge in [0.2, 0.25) is 5.16 Å². The predicted molar refractivity (Wildman–Crippen MR) is 65.3 cm³/mol. The van der Waals surface area contributed by atoms with Gasteiger partial charge >= 0.3 is 0 Å². The van der Waals surface area contributed by atoms with Crippen molar-refractivity contribution in [2.24, 2.45) is 0 Å². The van der Waals surface area contributed by atoms with E-state index in [1.165, 1.54) is 0 Å². The van der Waals surface area contributed by atoms with Crippen molar-refractivity contribution in [2.75, 3.05) is 20.6 Å². The van der Waals surface area contributed by atoms with Gasteiger partial charge in [-0.15, -0.1) is 5.10 Å². The first kappa shape index (κ1) is 12.5. The molecule has 84 valence electrons. The Morgan fingerprint density at radius 2 is 2.33 bits per heavy atom. The van der Waals surface area contributed by atoms with E-state index in [0.29, 0.717) is 0 Å². The van der Waals surface area contributed by atoms with Gasteiger partial charge in [-0.2, -0.15) is 0 Å².